The van der Waals surface area contributed by atoms with Crippen molar-refractivity contribution >= 4 is 11.8 Å². The molecule has 10 heavy (non-hydrogen) atoms. The molecule has 0 nitrogen and oxygen atoms in total. The Morgan fingerprint density at radius 1 is 1.40 bits per heavy atom. The van der Waals surface area contributed by atoms with Crippen molar-refractivity contribution < 1.29 is 0 Å². The van der Waals surface area contributed by atoms with Crippen molar-refractivity contribution in [2.45, 2.75) is 0 Å². The van der Waals surface area contributed by atoms with Gasteiger partial charge in [0.25, 0.3) is 0 Å². The van der Waals surface area contributed by atoms with Crippen molar-refractivity contribution in [3.8, 4) is 0 Å². The average molecular weight is 150 g/mol. The van der Waals surface area contributed by atoms with Crippen LogP contribution in [0.15, 0.2) is 47.9 Å². The summed E-state index contributed by atoms with van der Waals surface area (Å²) in [5, 5.41) is 0. The maximum atomic E-state index is 3.72. The molecule has 0 saturated heterocycles. The topological polar surface area (TPSA) is 0 Å². The van der Waals surface area contributed by atoms with Crippen LogP contribution in [0, 0.1) is 0 Å². The lowest BCUT2D eigenvalue weighted by Gasteiger charge is -2.07. The van der Waals surface area contributed by atoms with Gasteiger partial charge in [0.2, 0.25) is 0 Å². The van der Waals surface area contributed by atoms with E-state index in [1.807, 2.05) is 12.2 Å². The van der Waals surface area contributed by atoms with E-state index in [0.717, 1.165) is 5.75 Å². The molecule has 0 aromatic carbocycles. The molecule has 0 spiro atoms. The summed E-state index contributed by atoms with van der Waals surface area (Å²) in [5.41, 5.74) is 1.19. The van der Waals surface area contributed by atoms with Crippen molar-refractivity contribution in [1.29, 1.82) is 0 Å². The summed E-state index contributed by atoms with van der Waals surface area (Å²) in [6, 6.07) is 0. The fourth-order valence-corrected chi connectivity index (χ4v) is 1.63. The lowest BCUT2D eigenvalue weighted by atomic mass is 10.2. The summed E-state index contributed by atoms with van der Waals surface area (Å²) in [6.07, 6.45) is 7.96. The van der Waals surface area contributed by atoms with Crippen LogP contribution in [0.4, 0.5) is 0 Å². The minimum absolute atomic E-state index is 1.05. The molecular formula is C9H10S. The maximum absolute atomic E-state index is 3.72. The Labute approximate surface area is 66.0 Å². The molecular weight excluding hydrogens is 140 g/mol. The van der Waals surface area contributed by atoms with E-state index in [9.17, 15) is 0 Å². The zero-order chi connectivity index (χ0) is 7.40. The third-order valence-corrected chi connectivity index (χ3v) is 2.39. The van der Waals surface area contributed by atoms with Crippen LogP contribution in [0.3, 0.4) is 0 Å². The molecule has 1 aliphatic heterocycles. The summed E-state index contributed by atoms with van der Waals surface area (Å²) >= 11 is 1.80. The summed E-state index contributed by atoms with van der Waals surface area (Å²) in [5.74, 6) is 1.05. The van der Waals surface area contributed by atoms with Gasteiger partial charge in [0.05, 0.1) is 0 Å². The number of hydrogen-bond acceptors (Lipinski definition) is 1. The Hall–Kier alpha value is -0.690. The van der Waals surface area contributed by atoms with E-state index >= 15 is 0 Å². The first-order valence-corrected chi connectivity index (χ1v) is 4.15. The lowest BCUT2D eigenvalue weighted by molar-refractivity contribution is 1.59. The van der Waals surface area contributed by atoms with Crippen LogP contribution in [0.2, 0.25) is 0 Å². The second-order valence-electron chi connectivity index (χ2n) is 1.94. The maximum Gasteiger partial charge on any atom is 0.0164 e. The van der Waals surface area contributed by atoms with Crippen LogP contribution in [0.1, 0.15) is 0 Å². The van der Waals surface area contributed by atoms with Gasteiger partial charge in [0, 0.05) is 10.7 Å². The van der Waals surface area contributed by atoms with E-state index in [0.29, 0.717) is 0 Å². The first kappa shape index (κ1) is 7.42. The summed E-state index contributed by atoms with van der Waals surface area (Å²) in [7, 11) is 0. The second-order valence-corrected chi connectivity index (χ2v) is 3.00. The molecule has 0 unspecified atom stereocenters. The molecule has 1 heterocycles. The molecule has 0 aromatic rings. The third kappa shape index (κ3) is 1.42. The minimum Gasteiger partial charge on any atom is -0.121 e. The number of rotatable bonds is 2. The fourth-order valence-electron chi connectivity index (χ4n) is 0.824. The molecule has 0 fully saturated rings. The van der Waals surface area contributed by atoms with Gasteiger partial charge in [0.1, 0.15) is 0 Å². The SMILES string of the molecule is C=CC1=C(C=C)SCC=C1. The molecule has 0 atom stereocenters. The Bertz CT molecular complexity index is 209. The highest BCUT2D eigenvalue weighted by molar-refractivity contribution is 8.03. The van der Waals surface area contributed by atoms with Gasteiger partial charge in [-0.05, 0) is 5.57 Å². The zero-order valence-electron chi connectivity index (χ0n) is 5.84. The van der Waals surface area contributed by atoms with E-state index in [4.69, 9.17) is 0 Å². The molecule has 52 valence electrons. The van der Waals surface area contributed by atoms with E-state index in [-0.39, 0.29) is 0 Å². The van der Waals surface area contributed by atoms with Crippen LogP contribution in [-0.2, 0) is 0 Å². The minimum atomic E-state index is 1.05. The number of allylic oxidation sites excluding steroid dienone is 4. The Morgan fingerprint density at radius 2 is 2.20 bits per heavy atom. The van der Waals surface area contributed by atoms with E-state index in [1.165, 1.54) is 10.5 Å². The molecule has 1 aliphatic rings. The predicted molar refractivity (Wildman–Crippen MR) is 49.0 cm³/mol. The molecule has 0 amide bonds. The smallest absolute Gasteiger partial charge is 0.0164 e. The zero-order valence-corrected chi connectivity index (χ0v) is 6.66. The van der Waals surface area contributed by atoms with Crippen LogP contribution >= 0.6 is 11.8 Å². The number of hydrogen-bond donors (Lipinski definition) is 0. The lowest BCUT2D eigenvalue weighted by Crippen LogP contribution is -1.86. The van der Waals surface area contributed by atoms with Crippen LogP contribution in [0.25, 0.3) is 0 Å². The van der Waals surface area contributed by atoms with Gasteiger partial charge in [-0.3, -0.25) is 0 Å². The van der Waals surface area contributed by atoms with Gasteiger partial charge in [-0.15, -0.1) is 11.8 Å². The Kier molecular flexibility index (Phi) is 2.57. The van der Waals surface area contributed by atoms with Crippen molar-refractivity contribution in [2.24, 2.45) is 0 Å². The first-order valence-electron chi connectivity index (χ1n) is 3.17. The van der Waals surface area contributed by atoms with E-state index < -0.39 is 0 Å². The van der Waals surface area contributed by atoms with E-state index in [2.05, 4.69) is 25.3 Å². The molecule has 0 radical (unpaired) electrons. The predicted octanol–water partition coefficient (Wildman–Crippen LogP) is 2.92. The highest BCUT2D eigenvalue weighted by Gasteiger charge is 2.00. The van der Waals surface area contributed by atoms with Crippen LogP contribution < -0.4 is 0 Å². The molecule has 0 bridgehead atoms. The van der Waals surface area contributed by atoms with Gasteiger partial charge < -0.3 is 0 Å². The van der Waals surface area contributed by atoms with Crippen LogP contribution in [0.5, 0.6) is 0 Å². The van der Waals surface area contributed by atoms with Gasteiger partial charge in [0.15, 0.2) is 0 Å². The molecule has 1 heteroatoms. The van der Waals surface area contributed by atoms with Gasteiger partial charge in [-0.1, -0.05) is 37.5 Å². The highest BCUT2D eigenvalue weighted by Crippen LogP contribution is 2.26. The molecule has 0 aliphatic carbocycles. The molecule has 0 saturated carbocycles. The number of thioether (sulfide) groups is 1. The summed E-state index contributed by atoms with van der Waals surface area (Å²) in [4.78, 5) is 1.23. The van der Waals surface area contributed by atoms with Gasteiger partial charge >= 0.3 is 0 Å². The third-order valence-electron chi connectivity index (χ3n) is 1.32. The van der Waals surface area contributed by atoms with E-state index in [1.54, 1.807) is 11.8 Å². The van der Waals surface area contributed by atoms with Crippen molar-refractivity contribution in [2.75, 3.05) is 5.75 Å². The Morgan fingerprint density at radius 3 is 2.70 bits per heavy atom. The highest BCUT2D eigenvalue weighted by atomic mass is 32.2. The van der Waals surface area contributed by atoms with Crippen molar-refractivity contribution in [1.82, 2.24) is 0 Å². The van der Waals surface area contributed by atoms with Gasteiger partial charge in [-0.2, -0.15) is 0 Å². The average Bonchev–Trinajstić information content (AvgIpc) is 2.04. The summed E-state index contributed by atoms with van der Waals surface area (Å²) < 4.78 is 0. The van der Waals surface area contributed by atoms with Gasteiger partial charge in [-0.25, -0.2) is 0 Å². The van der Waals surface area contributed by atoms with Crippen molar-refractivity contribution in [3.63, 3.8) is 0 Å². The Balaban J connectivity index is 2.94. The standard InChI is InChI=1S/C9H10S/c1-3-8-6-5-7-10-9(8)4-2/h3-6H,1-2,7H2. The van der Waals surface area contributed by atoms with Crippen LogP contribution in [-0.4, -0.2) is 5.75 Å². The molecule has 0 N–H and O–H groups in total. The fraction of sp³-hybridized carbons (Fsp3) is 0.111. The monoisotopic (exact) mass is 150 g/mol. The normalized spacial score (nSPS) is 17.2. The van der Waals surface area contributed by atoms with Crippen molar-refractivity contribution in [3.05, 3.63) is 47.9 Å². The molecule has 0 aromatic heterocycles. The largest absolute Gasteiger partial charge is 0.121 e. The molecule has 1 rings (SSSR count). The first-order chi connectivity index (χ1) is 4.88. The quantitative estimate of drug-likeness (QED) is 0.583. The second kappa shape index (κ2) is 3.47. The summed E-state index contributed by atoms with van der Waals surface area (Å²) in [6.45, 7) is 7.43.